The highest BCUT2D eigenvalue weighted by Crippen LogP contribution is 1.88. The van der Waals surface area contributed by atoms with E-state index in [2.05, 4.69) is 23.3 Å². The second-order valence-electron chi connectivity index (χ2n) is 3.40. The van der Waals surface area contributed by atoms with Crippen LogP contribution in [0.15, 0.2) is 12.2 Å². The summed E-state index contributed by atoms with van der Waals surface area (Å²) in [4.78, 5) is 11.1. The number of rotatable bonds is 8. The van der Waals surface area contributed by atoms with Crippen LogP contribution in [-0.4, -0.2) is 25.5 Å². The molecule has 0 spiro atoms. The maximum Gasteiger partial charge on any atom is 0.246 e. The summed E-state index contributed by atoms with van der Waals surface area (Å²) in [6.45, 7) is 7.57. The molecule has 0 saturated carbocycles. The van der Waals surface area contributed by atoms with Gasteiger partial charge in [-0.1, -0.05) is 6.58 Å². The van der Waals surface area contributed by atoms with Crippen molar-refractivity contribution < 1.29 is 4.79 Å². The molecule has 0 aliphatic heterocycles. The van der Waals surface area contributed by atoms with Crippen LogP contribution in [0.25, 0.3) is 0 Å². The average molecular weight is 209 g/mol. The molecule has 0 bridgehead atoms. The Balaban J connectivity index is 3.15. The molecule has 1 amide bonds. The zero-order valence-corrected chi connectivity index (χ0v) is 9.31. The van der Waals surface area contributed by atoms with Crippen molar-refractivity contribution in [2.24, 2.45) is 0 Å². The predicted octanol–water partition coefficient (Wildman–Crippen LogP) is 0.962. The summed E-state index contributed by atoms with van der Waals surface area (Å²) in [7, 11) is 0. The Morgan fingerprint density at radius 3 is 2.60 bits per heavy atom. The van der Waals surface area contributed by atoms with Crippen molar-refractivity contribution in [2.75, 3.05) is 19.6 Å². The molecule has 84 valence electrons. The van der Waals surface area contributed by atoms with E-state index in [4.69, 9.17) is 5.26 Å². The van der Waals surface area contributed by atoms with Gasteiger partial charge in [0.1, 0.15) is 0 Å². The molecule has 0 radical (unpaired) electrons. The molecule has 0 aliphatic carbocycles. The van der Waals surface area contributed by atoms with Gasteiger partial charge >= 0.3 is 0 Å². The fourth-order valence-electron chi connectivity index (χ4n) is 0.997. The van der Waals surface area contributed by atoms with Crippen molar-refractivity contribution in [1.29, 1.82) is 5.26 Å². The van der Waals surface area contributed by atoms with E-state index in [1.165, 1.54) is 0 Å². The van der Waals surface area contributed by atoms with Gasteiger partial charge in [0.15, 0.2) is 0 Å². The van der Waals surface area contributed by atoms with Crippen molar-refractivity contribution in [3.8, 4) is 6.07 Å². The molecular weight excluding hydrogens is 190 g/mol. The van der Waals surface area contributed by atoms with E-state index in [1.54, 1.807) is 6.92 Å². The van der Waals surface area contributed by atoms with E-state index in [-0.39, 0.29) is 5.91 Å². The zero-order chi connectivity index (χ0) is 11.5. The monoisotopic (exact) mass is 209 g/mol. The normalized spacial score (nSPS) is 9.33. The van der Waals surface area contributed by atoms with Gasteiger partial charge in [0.2, 0.25) is 5.91 Å². The van der Waals surface area contributed by atoms with E-state index < -0.39 is 0 Å². The van der Waals surface area contributed by atoms with Crippen molar-refractivity contribution in [3.63, 3.8) is 0 Å². The number of nitriles is 1. The van der Waals surface area contributed by atoms with Crippen LogP contribution in [0.3, 0.4) is 0 Å². The molecule has 0 saturated heterocycles. The number of carbonyl (C=O) groups is 1. The summed E-state index contributed by atoms with van der Waals surface area (Å²) in [5, 5.41) is 14.2. The average Bonchev–Trinajstić information content (AvgIpc) is 2.21. The lowest BCUT2D eigenvalue weighted by molar-refractivity contribution is -0.117. The van der Waals surface area contributed by atoms with E-state index in [1.807, 2.05) is 0 Å². The molecule has 0 aromatic heterocycles. The van der Waals surface area contributed by atoms with Crippen LogP contribution in [-0.2, 0) is 4.79 Å². The topological polar surface area (TPSA) is 64.9 Å². The highest BCUT2D eigenvalue weighted by atomic mass is 16.1. The largest absolute Gasteiger partial charge is 0.352 e. The first kappa shape index (κ1) is 13.7. The van der Waals surface area contributed by atoms with Crippen molar-refractivity contribution >= 4 is 5.91 Å². The highest BCUT2D eigenvalue weighted by Gasteiger charge is 1.98. The lowest BCUT2D eigenvalue weighted by Crippen LogP contribution is -2.25. The Labute approximate surface area is 91.4 Å². The minimum Gasteiger partial charge on any atom is -0.352 e. The first-order valence-corrected chi connectivity index (χ1v) is 5.20. The number of carbonyl (C=O) groups excluding carboxylic acids is 1. The van der Waals surface area contributed by atoms with Crippen LogP contribution < -0.4 is 10.6 Å². The van der Waals surface area contributed by atoms with E-state index in [0.717, 1.165) is 25.9 Å². The summed E-state index contributed by atoms with van der Waals surface area (Å²) in [6.07, 6.45) is 2.49. The number of nitrogens with zero attached hydrogens (tertiary/aromatic N) is 1. The van der Waals surface area contributed by atoms with E-state index in [0.29, 0.717) is 18.5 Å². The molecule has 0 aromatic carbocycles. The minimum atomic E-state index is -0.0764. The van der Waals surface area contributed by atoms with Crippen LogP contribution in [0.2, 0.25) is 0 Å². The summed E-state index contributed by atoms with van der Waals surface area (Å²) in [5.74, 6) is -0.0764. The number of amides is 1. The highest BCUT2D eigenvalue weighted by molar-refractivity contribution is 5.91. The Hall–Kier alpha value is -1.34. The van der Waals surface area contributed by atoms with Crippen LogP contribution in [0.5, 0.6) is 0 Å². The molecule has 0 atom stereocenters. The molecule has 0 aromatic rings. The quantitative estimate of drug-likeness (QED) is 0.462. The third-order valence-electron chi connectivity index (χ3n) is 1.87. The molecule has 0 unspecified atom stereocenters. The van der Waals surface area contributed by atoms with E-state index >= 15 is 0 Å². The maximum atomic E-state index is 11.1. The molecule has 4 heteroatoms. The second kappa shape index (κ2) is 9.22. The molecule has 4 nitrogen and oxygen atoms in total. The standard InChI is InChI=1S/C11H19N3O/c1-10(2)11(15)14-9-4-3-7-13-8-5-6-12/h13H,1,3-5,7-9H2,2H3,(H,14,15). The first-order chi connectivity index (χ1) is 7.18. The summed E-state index contributed by atoms with van der Waals surface area (Å²) >= 11 is 0. The SMILES string of the molecule is C=C(C)C(=O)NCCCCNCCC#N. The van der Waals surface area contributed by atoms with Crippen LogP contribution >= 0.6 is 0 Å². The van der Waals surface area contributed by atoms with Gasteiger partial charge in [0, 0.05) is 25.1 Å². The van der Waals surface area contributed by atoms with Gasteiger partial charge < -0.3 is 10.6 Å². The Morgan fingerprint density at radius 1 is 1.33 bits per heavy atom. The number of hydrogen-bond donors (Lipinski definition) is 2. The Morgan fingerprint density at radius 2 is 2.00 bits per heavy atom. The van der Waals surface area contributed by atoms with Crippen molar-refractivity contribution in [3.05, 3.63) is 12.2 Å². The van der Waals surface area contributed by atoms with Gasteiger partial charge in [-0.05, 0) is 26.3 Å². The lowest BCUT2D eigenvalue weighted by Gasteiger charge is -2.04. The van der Waals surface area contributed by atoms with Gasteiger partial charge in [0.05, 0.1) is 6.07 Å². The first-order valence-electron chi connectivity index (χ1n) is 5.20. The summed E-state index contributed by atoms with van der Waals surface area (Å²) in [6, 6.07) is 2.07. The minimum absolute atomic E-state index is 0.0764. The Kier molecular flexibility index (Phi) is 8.40. The predicted molar refractivity (Wildman–Crippen MR) is 60.2 cm³/mol. The number of nitrogens with one attached hydrogen (secondary N) is 2. The molecule has 15 heavy (non-hydrogen) atoms. The molecule has 2 N–H and O–H groups in total. The van der Waals surface area contributed by atoms with Gasteiger partial charge in [-0.25, -0.2) is 0 Å². The van der Waals surface area contributed by atoms with Gasteiger partial charge in [-0.15, -0.1) is 0 Å². The number of unbranched alkanes of at least 4 members (excludes halogenated alkanes) is 1. The third-order valence-corrected chi connectivity index (χ3v) is 1.87. The lowest BCUT2D eigenvalue weighted by atomic mass is 10.3. The Bertz CT molecular complexity index is 243. The van der Waals surface area contributed by atoms with Gasteiger partial charge in [-0.2, -0.15) is 5.26 Å². The van der Waals surface area contributed by atoms with Gasteiger partial charge in [0.25, 0.3) is 0 Å². The zero-order valence-electron chi connectivity index (χ0n) is 9.31. The molecule has 0 aliphatic rings. The van der Waals surface area contributed by atoms with E-state index in [9.17, 15) is 4.79 Å². The summed E-state index contributed by atoms with van der Waals surface area (Å²) in [5.41, 5.74) is 0.544. The number of hydrogen-bond acceptors (Lipinski definition) is 3. The fraction of sp³-hybridized carbons (Fsp3) is 0.636. The molecule has 0 fully saturated rings. The second-order valence-corrected chi connectivity index (χ2v) is 3.40. The summed E-state index contributed by atoms with van der Waals surface area (Å²) < 4.78 is 0. The third kappa shape index (κ3) is 8.98. The molecule has 0 rings (SSSR count). The fourth-order valence-corrected chi connectivity index (χ4v) is 0.997. The molecule has 0 heterocycles. The van der Waals surface area contributed by atoms with Gasteiger partial charge in [-0.3, -0.25) is 4.79 Å². The van der Waals surface area contributed by atoms with Crippen molar-refractivity contribution in [1.82, 2.24) is 10.6 Å². The van der Waals surface area contributed by atoms with Crippen LogP contribution in [0, 0.1) is 11.3 Å². The van der Waals surface area contributed by atoms with Crippen LogP contribution in [0.1, 0.15) is 26.2 Å². The van der Waals surface area contributed by atoms with Crippen molar-refractivity contribution in [2.45, 2.75) is 26.2 Å². The smallest absolute Gasteiger partial charge is 0.246 e. The maximum absolute atomic E-state index is 11.1. The van der Waals surface area contributed by atoms with Crippen LogP contribution in [0.4, 0.5) is 0 Å². The molecular formula is C11H19N3O.